The molecule has 1 N–H and O–H groups in total. The van der Waals surface area contributed by atoms with Crippen LogP contribution in [0.15, 0.2) is 41.3 Å². The van der Waals surface area contributed by atoms with E-state index in [0.29, 0.717) is 11.5 Å². The van der Waals surface area contributed by atoms with E-state index in [1.54, 1.807) is 0 Å². The molecule has 0 saturated carbocycles. The van der Waals surface area contributed by atoms with Crippen molar-refractivity contribution >= 4 is 10.0 Å². The summed E-state index contributed by atoms with van der Waals surface area (Å²) in [4.78, 5) is 0.367. The van der Waals surface area contributed by atoms with E-state index >= 15 is 0 Å². The predicted molar refractivity (Wildman–Crippen MR) is 97.0 cm³/mol. The summed E-state index contributed by atoms with van der Waals surface area (Å²) in [5, 5.41) is 0. The number of aryl methyl sites for hydroxylation is 3. The van der Waals surface area contributed by atoms with Gasteiger partial charge >= 0.3 is 0 Å². The van der Waals surface area contributed by atoms with Gasteiger partial charge in [-0.25, -0.2) is 13.1 Å². The van der Waals surface area contributed by atoms with Gasteiger partial charge in [0.15, 0.2) is 0 Å². The summed E-state index contributed by atoms with van der Waals surface area (Å²) >= 11 is 0. The first-order valence-electron chi connectivity index (χ1n) is 8.07. The highest BCUT2D eigenvalue weighted by atomic mass is 32.2. The molecule has 0 saturated heterocycles. The average molecular weight is 347 g/mol. The van der Waals surface area contributed by atoms with Gasteiger partial charge in [-0.15, -0.1) is 0 Å². The van der Waals surface area contributed by atoms with E-state index in [2.05, 4.69) is 4.72 Å². The van der Waals surface area contributed by atoms with Crippen molar-refractivity contribution in [3.8, 4) is 5.75 Å². The van der Waals surface area contributed by atoms with Crippen LogP contribution >= 0.6 is 0 Å². The Labute approximate surface area is 144 Å². The second kappa shape index (κ2) is 7.36. The molecular formula is C19H25NO3S. The van der Waals surface area contributed by atoms with Gasteiger partial charge in [0.05, 0.1) is 11.5 Å². The first-order chi connectivity index (χ1) is 11.2. The summed E-state index contributed by atoms with van der Waals surface area (Å²) < 4.78 is 33.8. The highest BCUT2D eigenvalue weighted by Crippen LogP contribution is 2.24. The van der Waals surface area contributed by atoms with Gasteiger partial charge in [-0.05, 0) is 63.4 Å². The molecular weight excluding hydrogens is 322 g/mol. The molecule has 0 bridgehead atoms. The zero-order chi connectivity index (χ0) is 17.9. The average Bonchev–Trinajstić information content (AvgIpc) is 2.46. The Hall–Kier alpha value is -1.85. The Morgan fingerprint density at radius 2 is 1.58 bits per heavy atom. The minimum atomic E-state index is -3.59. The molecule has 0 heterocycles. The molecule has 0 aliphatic heterocycles. The first-order valence-corrected chi connectivity index (χ1v) is 9.56. The molecule has 0 radical (unpaired) electrons. The highest BCUT2D eigenvalue weighted by molar-refractivity contribution is 7.89. The molecule has 4 nitrogen and oxygen atoms in total. The van der Waals surface area contributed by atoms with Crippen LogP contribution in [0.3, 0.4) is 0 Å². The van der Waals surface area contributed by atoms with E-state index < -0.39 is 10.0 Å². The largest absolute Gasteiger partial charge is 0.494 e. The minimum absolute atomic E-state index is 0.328. The number of sulfonamides is 1. The van der Waals surface area contributed by atoms with Crippen molar-refractivity contribution in [3.05, 3.63) is 58.7 Å². The molecule has 0 fully saturated rings. The van der Waals surface area contributed by atoms with Gasteiger partial charge < -0.3 is 4.74 Å². The zero-order valence-corrected chi connectivity index (χ0v) is 15.7. The van der Waals surface area contributed by atoms with Crippen LogP contribution in [-0.2, 0) is 10.0 Å². The van der Waals surface area contributed by atoms with Crippen LogP contribution in [0.5, 0.6) is 5.75 Å². The van der Waals surface area contributed by atoms with Crippen LogP contribution in [0.2, 0.25) is 0 Å². The molecule has 0 amide bonds. The van der Waals surface area contributed by atoms with Gasteiger partial charge in [-0.3, -0.25) is 0 Å². The van der Waals surface area contributed by atoms with Crippen LogP contribution in [0, 0.1) is 20.8 Å². The van der Waals surface area contributed by atoms with Crippen molar-refractivity contribution in [3.63, 3.8) is 0 Å². The number of rotatable bonds is 6. The van der Waals surface area contributed by atoms with E-state index in [0.717, 1.165) is 28.0 Å². The lowest BCUT2D eigenvalue weighted by Crippen LogP contribution is -2.28. The van der Waals surface area contributed by atoms with Crippen molar-refractivity contribution in [2.45, 2.75) is 45.6 Å². The Morgan fingerprint density at radius 1 is 1.04 bits per heavy atom. The molecule has 1 atom stereocenters. The summed E-state index contributed by atoms with van der Waals surface area (Å²) in [5.74, 6) is 0.779. The molecule has 0 aliphatic rings. The Morgan fingerprint density at radius 3 is 2.08 bits per heavy atom. The fraction of sp³-hybridized carbons (Fsp3) is 0.368. The monoisotopic (exact) mass is 347 g/mol. The van der Waals surface area contributed by atoms with E-state index in [9.17, 15) is 8.42 Å². The number of benzene rings is 2. The SMILES string of the molecule is CCOc1ccc([C@H](C)NS(=O)(=O)c2c(C)cc(C)cc2C)cc1. The van der Waals surface area contributed by atoms with Crippen molar-refractivity contribution in [2.75, 3.05) is 6.61 Å². The maximum atomic E-state index is 12.8. The minimum Gasteiger partial charge on any atom is -0.494 e. The normalized spacial score (nSPS) is 12.9. The molecule has 2 rings (SSSR count). The number of ether oxygens (including phenoxy) is 1. The lowest BCUT2D eigenvalue weighted by Gasteiger charge is -2.18. The van der Waals surface area contributed by atoms with Crippen LogP contribution in [-0.4, -0.2) is 15.0 Å². The highest BCUT2D eigenvalue weighted by Gasteiger charge is 2.22. The number of nitrogens with one attached hydrogen (secondary N) is 1. The lowest BCUT2D eigenvalue weighted by atomic mass is 10.1. The van der Waals surface area contributed by atoms with Crippen molar-refractivity contribution in [1.29, 1.82) is 0 Å². The van der Waals surface area contributed by atoms with Gasteiger partial charge in [-0.1, -0.05) is 29.8 Å². The maximum absolute atomic E-state index is 12.8. The lowest BCUT2D eigenvalue weighted by molar-refractivity contribution is 0.340. The first kappa shape index (κ1) is 18.5. The van der Waals surface area contributed by atoms with E-state index in [4.69, 9.17) is 4.74 Å². The van der Waals surface area contributed by atoms with Gasteiger partial charge in [0, 0.05) is 6.04 Å². The summed E-state index contributed by atoms with van der Waals surface area (Å²) in [6.07, 6.45) is 0. The van der Waals surface area contributed by atoms with Gasteiger partial charge in [0.2, 0.25) is 10.0 Å². The van der Waals surface area contributed by atoms with Crippen molar-refractivity contribution in [2.24, 2.45) is 0 Å². The van der Waals surface area contributed by atoms with E-state index in [1.165, 1.54) is 0 Å². The standard InChI is InChI=1S/C19H25NO3S/c1-6-23-18-9-7-17(8-10-18)16(5)20-24(21,22)19-14(3)11-13(2)12-15(19)4/h7-12,16,20H,6H2,1-5H3/t16-/m0/s1. The fourth-order valence-corrected chi connectivity index (χ4v) is 4.65. The third kappa shape index (κ3) is 4.16. The molecule has 0 unspecified atom stereocenters. The van der Waals surface area contributed by atoms with Crippen LogP contribution in [0.4, 0.5) is 0 Å². The predicted octanol–water partition coefficient (Wildman–Crippen LogP) is 4.05. The second-order valence-corrected chi connectivity index (χ2v) is 7.72. The molecule has 0 spiro atoms. The third-order valence-electron chi connectivity index (χ3n) is 3.90. The topological polar surface area (TPSA) is 55.4 Å². The molecule has 24 heavy (non-hydrogen) atoms. The van der Waals surface area contributed by atoms with E-state index in [1.807, 2.05) is 71.0 Å². The molecule has 5 heteroatoms. The van der Waals surface area contributed by atoms with Crippen molar-refractivity contribution < 1.29 is 13.2 Å². The van der Waals surface area contributed by atoms with Gasteiger partial charge in [0.1, 0.15) is 5.75 Å². The van der Waals surface area contributed by atoms with Gasteiger partial charge in [-0.2, -0.15) is 0 Å². The van der Waals surface area contributed by atoms with E-state index in [-0.39, 0.29) is 6.04 Å². The smallest absolute Gasteiger partial charge is 0.241 e. The molecule has 2 aromatic rings. The summed E-state index contributed by atoms with van der Waals surface area (Å²) in [6.45, 7) is 10.00. The number of hydrogen-bond donors (Lipinski definition) is 1. The molecule has 2 aromatic carbocycles. The molecule has 0 aliphatic carbocycles. The number of hydrogen-bond acceptors (Lipinski definition) is 3. The summed E-state index contributed by atoms with van der Waals surface area (Å²) in [7, 11) is -3.59. The van der Waals surface area contributed by atoms with Crippen LogP contribution < -0.4 is 9.46 Å². The Kier molecular flexibility index (Phi) is 5.67. The quantitative estimate of drug-likeness (QED) is 0.858. The van der Waals surface area contributed by atoms with Gasteiger partial charge in [0.25, 0.3) is 0 Å². The van der Waals surface area contributed by atoms with Crippen LogP contribution in [0.1, 0.15) is 42.1 Å². The Balaban J connectivity index is 2.25. The second-order valence-electron chi connectivity index (χ2n) is 6.07. The van der Waals surface area contributed by atoms with Crippen LogP contribution in [0.25, 0.3) is 0 Å². The third-order valence-corrected chi connectivity index (χ3v) is 5.74. The fourth-order valence-electron chi connectivity index (χ4n) is 2.97. The summed E-state index contributed by atoms with van der Waals surface area (Å²) in [5.41, 5.74) is 3.48. The zero-order valence-electron chi connectivity index (χ0n) is 14.9. The van der Waals surface area contributed by atoms with Crippen molar-refractivity contribution in [1.82, 2.24) is 4.72 Å². The molecule has 130 valence electrons. The molecule has 0 aromatic heterocycles. The summed E-state index contributed by atoms with van der Waals surface area (Å²) in [6, 6.07) is 10.9. The Bertz CT molecular complexity index is 788. The maximum Gasteiger partial charge on any atom is 0.241 e.